The van der Waals surface area contributed by atoms with E-state index >= 15 is 0 Å². The fourth-order valence-electron chi connectivity index (χ4n) is 3.02. The maximum atomic E-state index is 14.4. The minimum Gasteiger partial charge on any atom is -0.368 e. The highest BCUT2D eigenvalue weighted by Gasteiger charge is 2.18. The van der Waals surface area contributed by atoms with E-state index in [1.54, 1.807) is 24.3 Å². The fraction of sp³-hybridized carbons (Fsp3) is 0.286. The minimum atomic E-state index is -0.326. The average molecular weight is 388 g/mol. The zero-order valence-electron chi connectivity index (χ0n) is 15.3. The number of piperazine rings is 1. The number of nitrogens with zero attached hydrogens (tertiary/aromatic N) is 2. The molecule has 1 saturated heterocycles. The second kappa shape index (κ2) is 9.02. The van der Waals surface area contributed by atoms with Crippen LogP contribution in [0.25, 0.3) is 6.08 Å². The predicted octanol–water partition coefficient (Wildman–Crippen LogP) is 3.56. The lowest BCUT2D eigenvalue weighted by Gasteiger charge is -2.35. The summed E-state index contributed by atoms with van der Waals surface area (Å²) in [6.07, 6.45) is 2.94. The lowest BCUT2D eigenvalue weighted by molar-refractivity contribution is -0.116. The molecule has 1 amide bonds. The molecule has 142 valence electrons. The van der Waals surface area contributed by atoms with Gasteiger partial charge in [-0.2, -0.15) is 0 Å². The molecule has 0 saturated carbocycles. The summed E-state index contributed by atoms with van der Waals surface area (Å²) in [6.45, 7) is 3.93. The number of hydrogen-bond donors (Lipinski definition) is 1. The number of carbonyl (C=O) groups excluding carboxylic acids is 1. The van der Waals surface area contributed by atoms with Crippen molar-refractivity contribution in [3.05, 3.63) is 70.5 Å². The van der Waals surface area contributed by atoms with E-state index in [1.165, 1.54) is 12.1 Å². The zero-order chi connectivity index (χ0) is 19.2. The van der Waals surface area contributed by atoms with E-state index in [2.05, 4.69) is 22.2 Å². The third-order valence-electron chi connectivity index (χ3n) is 4.66. The van der Waals surface area contributed by atoms with Crippen LogP contribution in [-0.2, 0) is 11.3 Å². The quantitative estimate of drug-likeness (QED) is 0.797. The van der Waals surface area contributed by atoms with Crippen molar-refractivity contribution in [1.29, 1.82) is 0 Å². The number of hydrogen-bond acceptors (Lipinski definition) is 3. The van der Waals surface area contributed by atoms with Crippen molar-refractivity contribution in [1.82, 2.24) is 10.2 Å². The van der Waals surface area contributed by atoms with Crippen LogP contribution < -0.4 is 10.2 Å². The normalized spacial score (nSPS) is 15.3. The van der Waals surface area contributed by atoms with Gasteiger partial charge in [-0.1, -0.05) is 29.8 Å². The van der Waals surface area contributed by atoms with Gasteiger partial charge >= 0.3 is 0 Å². The molecular formula is C21H23ClFN3O. The van der Waals surface area contributed by atoms with Crippen LogP contribution in [0, 0.1) is 5.82 Å². The predicted molar refractivity (Wildman–Crippen MR) is 108 cm³/mol. The van der Waals surface area contributed by atoms with Crippen molar-refractivity contribution in [2.75, 3.05) is 38.1 Å². The lowest BCUT2D eigenvalue weighted by atomic mass is 10.1. The van der Waals surface area contributed by atoms with Crippen molar-refractivity contribution >= 4 is 29.3 Å². The van der Waals surface area contributed by atoms with Crippen LogP contribution in [0.3, 0.4) is 0 Å². The molecule has 3 rings (SSSR count). The molecule has 1 heterocycles. The van der Waals surface area contributed by atoms with Gasteiger partial charge in [0.2, 0.25) is 5.91 Å². The first-order chi connectivity index (χ1) is 13.0. The second-order valence-corrected chi connectivity index (χ2v) is 7.08. The highest BCUT2D eigenvalue weighted by molar-refractivity contribution is 6.30. The van der Waals surface area contributed by atoms with Gasteiger partial charge in [0.15, 0.2) is 0 Å². The van der Waals surface area contributed by atoms with Gasteiger partial charge in [-0.25, -0.2) is 4.39 Å². The molecule has 2 aromatic carbocycles. The monoisotopic (exact) mass is 387 g/mol. The molecule has 1 fully saturated rings. The number of amides is 1. The summed E-state index contributed by atoms with van der Waals surface area (Å²) < 4.78 is 14.4. The molecule has 4 nitrogen and oxygen atoms in total. The van der Waals surface area contributed by atoms with Gasteiger partial charge in [-0.3, -0.25) is 4.79 Å². The Labute approximate surface area is 164 Å². The first kappa shape index (κ1) is 19.4. The van der Waals surface area contributed by atoms with E-state index in [0.29, 0.717) is 17.1 Å². The molecule has 0 bridgehead atoms. The van der Waals surface area contributed by atoms with E-state index in [-0.39, 0.29) is 11.7 Å². The van der Waals surface area contributed by atoms with Gasteiger partial charge in [0, 0.05) is 55.1 Å². The van der Waals surface area contributed by atoms with Crippen LogP contribution in [0.1, 0.15) is 11.1 Å². The van der Waals surface area contributed by atoms with Crippen LogP contribution in [0.4, 0.5) is 10.1 Å². The molecule has 6 heteroatoms. The Morgan fingerprint density at radius 2 is 1.85 bits per heavy atom. The Morgan fingerprint density at radius 1 is 1.15 bits per heavy atom. The third-order valence-corrected chi connectivity index (χ3v) is 4.91. The molecule has 2 aromatic rings. The minimum absolute atomic E-state index is 0.266. The summed E-state index contributed by atoms with van der Waals surface area (Å²) in [7, 11) is 2.08. The summed E-state index contributed by atoms with van der Waals surface area (Å²) in [4.78, 5) is 16.5. The molecule has 0 aliphatic carbocycles. The Morgan fingerprint density at radius 3 is 2.56 bits per heavy atom. The first-order valence-electron chi connectivity index (χ1n) is 8.95. The number of nitrogens with one attached hydrogen (secondary N) is 1. The highest BCUT2D eigenvalue weighted by Crippen LogP contribution is 2.25. The summed E-state index contributed by atoms with van der Waals surface area (Å²) in [5.74, 6) is -0.592. The second-order valence-electron chi connectivity index (χ2n) is 6.64. The summed E-state index contributed by atoms with van der Waals surface area (Å²) in [5.41, 5.74) is 2.22. The first-order valence-corrected chi connectivity index (χ1v) is 9.33. The van der Waals surface area contributed by atoms with Crippen LogP contribution in [0.2, 0.25) is 5.02 Å². The molecule has 27 heavy (non-hydrogen) atoms. The van der Waals surface area contributed by atoms with E-state index in [9.17, 15) is 9.18 Å². The SMILES string of the molecule is CN1CCN(c2cccc(F)c2/C=C\C(=O)NCc2ccc(Cl)cc2)CC1. The molecule has 0 unspecified atom stereocenters. The third kappa shape index (κ3) is 5.31. The molecule has 1 aliphatic heterocycles. The highest BCUT2D eigenvalue weighted by atomic mass is 35.5. The smallest absolute Gasteiger partial charge is 0.244 e. The largest absolute Gasteiger partial charge is 0.368 e. The molecule has 1 N–H and O–H groups in total. The fourth-order valence-corrected chi connectivity index (χ4v) is 3.15. The number of likely N-dealkylation sites (N-methyl/N-ethyl adjacent to an activating group) is 1. The van der Waals surface area contributed by atoms with Crippen molar-refractivity contribution in [2.24, 2.45) is 0 Å². The number of carbonyl (C=O) groups is 1. The van der Waals surface area contributed by atoms with Gasteiger partial charge in [-0.15, -0.1) is 0 Å². The van der Waals surface area contributed by atoms with E-state index in [1.807, 2.05) is 18.2 Å². The zero-order valence-corrected chi connectivity index (χ0v) is 16.0. The van der Waals surface area contributed by atoms with Gasteiger partial charge in [-0.05, 0) is 43.0 Å². The maximum Gasteiger partial charge on any atom is 0.244 e. The lowest BCUT2D eigenvalue weighted by Crippen LogP contribution is -2.44. The molecule has 1 aliphatic rings. The Hall–Kier alpha value is -2.37. The Balaban J connectivity index is 1.67. The van der Waals surface area contributed by atoms with Gasteiger partial charge in [0.25, 0.3) is 0 Å². The van der Waals surface area contributed by atoms with Gasteiger partial charge in [0.1, 0.15) is 5.82 Å². The van der Waals surface area contributed by atoms with Crippen molar-refractivity contribution in [3.8, 4) is 0 Å². The van der Waals surface area contributed by atoms with Crippen molar-refractivity contribution < 1.29 is 9.18 Å². The maximum absolute atomic E-state index is 14.4. The van der Waals surface area contributed by atoms with Gasteiger partial charge in [0.05, 0.1) is 0 Å². The molecular weight excluding hydrogens is 365 g/mol. The van der Waals surface area contributed by atoms with E-state index in [0.717, 1.165) is 37.4 Å². The number of benzene rings is 2. The van der Waals surface area contributed by atoms with Gasteiger partial charge < -0.3 is 15.1 Å². The van der Waals surface area contributed by atoms with Crippen molar-refractivity contribution in [2.45, 2.75) is 6.54 Å². The number of anilines is 1. The van der Waals surface area contributed by atoms with E-state index in [4.69, 9.17) is 11.6 Å². The topological polar surface area (TPSA) is 35.6 Å². The molecule has 0 atom stereocenters. The van der Waals surface area contributed by atoms with Crippen molar-refractivity contribution in [3.63, 3.8) is 0 Å². The number of rotatable bonds is 5. The summed E-state index contributed by atoms with van der Waals surface area (Å²) in [5, 5.41) is 3.46. The standard InChI is InChI=1S/C21H23ClFN3O/c1-25-11-13-26(14-12-25)20-4-2-3-19(23)18(20)9-10-21(27)24-15-16-5-7-17(22)8-6-16/h2-10H,11-15H2,1H3,(H,24,27)/b10-9-. The summed E-state index contributed by atoms with van der Waals surface area (Å²) in [6, 6.07) is 12.3. The van der Waals surface area contributed by atoms with Crippen LogP contribution in [0.5, 0.6) is 0 Å². The molecule has 0 spiro atoms. The number of halogens is 2. The molecule has 0 radical (unpaired) electrons. The Bertz CT molecular complexity index is 815. The van der Waals surface area contributed by atoms with Crippen LogP contribution in [0.15, 0.2) is 48.5 Å². The molecule has 0 aromatic heterocycles. The van der Waals surface area contributed by atoms with Crippen LogP contribution >= 0.6 is 11.6 Å². The van der Waals surface area contributed by atoms with E-state index < -0.39 is 0 Å². The van der Waals surface area contributed by atoms with Crippen LogP contribution in [-0.4, -0.2) is 44.0 Å². The average Bonchev–Trinajstić information content (AvgIpc) is 2.67. The summed E-state index contributed by atoms with van der Waals surface area (Å²) >= 11 is 5.85. The Kier molecular flexibility index (Phi) is 6.48.